The lowest BCUT2D eigenvalue weighted by atomic mass is 10.1. The van der Waals surface area contributed by atoms with Crippen molar-refractivity contribution in [3.63, 3.8) is 0 Å². The van der Waals surface area contributed by atoms with Gasteiger partial charge in [-0.15, -0.1) is 0 Å². The number of hydrogen-bond acceptors (Lipinski definition) is 4. The van der Waals surface area contributed by atoms with Crippen molar-refractivity contribution in [3.8, 4) is 5.75 Å². The molecular weight excluding hydrogens is 256 g/mol. The number of carbonyl (C=O) groups excluding carboxylic acids is 1. The van der Waals surface area contributed by atoms with Crippen molar-refractivity contribution < 1.29 is 19.0 Å². The summed E-state index contributed by atoms with van der Waals surface area (Å²) in [6.07, 6.45) is -0.552. The maximum Gasteiger partial charge on any atom is 0.346 e. The van der Waals surface area contributed by atoms with E-state index in [0.717, 1.165) is 10.8 Å². The first kappa shape index (κ1) is 14.3. The summed E-state index contributed by atoms with van der Waals surface area (Å²) >= 11 is 0. The van der Waals surface area contributed by atoms with Crippen molar-refractivity contribution in [2.24, 2.45) is 0 Å². The highest BCUT2D eigenvalue weighted by Crippen LogP contribution is 2.24. The van der Waals surface area contributed by atoms with Gasteiger partial charge in [-0.2, -0.15) is 0 Å². The quantitative estimate of drug-likeness (QED) is 0.599. The van der Waals surface area contributed by atoms with E-state index < -0.39 is 12.3 Å². The van der Waals surface area contributed by atoms with E-state index in [1.165, 1.54) is 0 Å². The second-order valence-corrected chi connectivity index (χ2v) is 4.28. The zero-order chi connectivity index (χ0) is 14.4. The minimum Gasteiger partial charge on any atom is -0.481 e. The van der Waals surface area contributed by atoms with Crippen LogP contribution in [0.5, 0.6) is 5.75 Å². The van der Waals surface area contributed by atoms with Crippen LogP contribution in [0.2, 0.25) is 0 Å². The largest absolute Gasteiger partial charge is 0.481 e. The van der Waals surface area contributed by atoms with Crippen LogP contribution in [0, 0.1) is 0 Å². The van der Waals surface area contributed by atoms with E-state index in [1.807, 2.05) is 49.4 Å². The van der Waals surface area contributed by atoms with E-state index in [4.69, 9.17) is 14.2 Å². The standard InChI is InChI=1S/C16H18O4/c1-3-18-12(2)20-16(17)11-19-15-10-6-8-13-7-4-5-9-14(13)15/h4-10,12H,3,11H2,1-2H3. The molecule has 0 radical (unpaired) electrons. The third-order valence-corrected chi connectivity index (χ3v) is 2.79. The Hall–Kier alpha value is -2.07. The summed E-state index contributed by atoms with van der Waals surface area (Å²) in [5, 5.41) is 2.04. The number of benzene rings is 2. The number of hydrogen-bond donors (Lipinski definition) is 0. The number of ether oxygens (including phenoxy) is 3. The minimum absolute atomic E-state index is 0.134. The van der Waals surface area contributed by atoms with Crippen molar-refractivity contribution in [2.45, 2.75) is 20.1 Å². The molecule has 0 aliphatic carbocycles. The molecule has 0 amide bonds. The van der Waals surface area contributed by atoms with Crippen LogP contribution in [0.4, 0.5) is 0 Å². The molecule has 2 rings (SSSR count). The van der Waals surface area contributed by atoms with Gasteiger partial charge in [-0.25, -0.2) is 4.79 Å². The molecule has 4 nitrogen and oxygen atoms in total. The average molecular weight is 274 g/mol. The van der Waals surface area contributed by atoms with E-state index in [-0.39, 0.29) is 6.61 Å². The van der Waals surface area contributed by atoms with Crippen LogP contribution in [0.15, 0.2) is 42.5 Å². The van der Waals surface area contributed by atoms with Crippen LogP contribution in [0.25, 0.3) is 10.8 Å². The lowest BCUT2D eigenvalue weighted by molar-refractivity contribution is -0.175. The fourth-order valence-corrected chi connectivity index (χ4v) is 1.95. The van der Waals surface area contributed by atoms with E-state index >= 15 is 0 Å². The second-order valence-electron chi connectivity index (χ2n) is 4.28. The predicted molar refractivity (Wildman–Crippen MR) is 76.6 cm³/mol. The van der Waals surface area contributed by atoms with Crippen LogP contribution < -0.4 is 4.74 Å². The monoisotopic (exact) mass is 274 g/mol. The smallest absolute Gasteiger partial charge is 0.346 e. The van der Waals surface area contributed by atoms with Gasteiger partial charge in [0.15, 0.2) is 12.9 Å². The van der Waals surface area contributed by atoms with Gasteiger partial charge in [0.25, 0.3) is 0 Å². The third kappa shape index (κ3) is 3.71. The molecule has 106 valence electrons. The first-order valence-electron chi connectivity index (χ1n) is 6.62. The second kappa shape index (κ2) is 6.91. The van der Waals surface area contributed by atoms with E-state index in [2.05, 4.69) is 0 Å². The molecule has 2 aromatic carbocycles. The summed E-state index contributed by atoms with van der Waals surface area (Å²) < 4.78 is 15.7. The fraction of sp³-hybridized carbons (Fsp3) is 0.312. The Balaban J connectivity index is 1.97. The fourth-order valence-electron chi connectivity index (χ4n) is 1.95. The Labute approximate surface area is 118 Å². The number of carbonyl (C=O) groups is 1. The molecule has 0 aliphatic rings. The minimum atomic E-state index is -0.552. The Morgan fingerprint density at radius 2 is 1.90 bits per heavy atom. The summed E-state index contributed by atoms with van der Waals surface area (Å²) in [6, 6.07) is 13.6. The van der Waals surface area contributed by atoms with Gasteiger partial charge in [0.1, 0.15) is 5.75 Å². The molecule has 0 aliphatic heterocycles. The average Bonchev–Trinajstić information content (AvgIpc) is 2.45. The lowest BCUT2D eigenvalue weighted by Gasteiger charge is -2.13. The van der Waals surface area contributed by atoms with Gasteiger partial charge >= 0.3 is 5.97 Å². The van der Waals surface area contributed by atoms with E-state index in [0.29, 0.717) is 12.4 Å². The number of esters is 1. The Morgan fingerprint density at radius 3 is 2.70 bits per heavy atom. The van der Waals surface area contributed by atoms with Gasteiger partial charge in [0.05, 0.1) is 0 Å². The van der Waals surface area contributed by atoms with Crippen molar-refractivity contribution in [2.75, 3.05) is 13.2 Å². The van der Waals surface area contributed by atoms with Gasteiger partial charge in [-0.1, -0.05) is 36.4 Å². The molecule has 1 unspecified atom stereocenters. The SMILES string of the molecule is CCOC(C)OC(=O)COc1cccc2ccccc12. The summed E-state index contributed by atoms with van der Waals surface area (Å²) in [4.78, 5) is 11.6. The summed E-state index contributed by atoms with van der Waals surface area (Å²) in [5.41, 5.74) is 0. The normalized spacial score (nSPS) is 12.1. The third-order valence-electron chi connectivity index (χ3n) is 2.79. The highest BCUT2D eigenvalue weighted by molar-refractivity contribution is 5.88. The van der Waals surface area contributed by atoms with Crippen molar-refractivity contribution in [1.82, 2.24) is 0 Å². The van der Waals surface area contributed by atoms with Crippen LogP contribution in [0.3, 0.4) is 0 Å². The van der Waals surface area contributed by atoms with E-state index in [1.54, 1.807) is 6.92 Å². The first-order chi connectivity index (χ1) is 9.70. The molecule has 0 spiro atoms. The highest BCUT2D eigenvalue weighted by Gasteiger charge is 2.10. The number of fused-ring (bicyclic) bond motifs is 1. The zero-order valence-electron chi connectivity index (χ0n) is 11.7. The van der Waals surface area contributed by atoms with Crippen molar-refractivity contribution in [3.05, 3.63) is 42.5 Å². The molecule has 2 aromatic rings. The lowest BCUT2D eigenvalue weighted by Crippen LogP contribution is -2.22. The van der Waals surface area contributed by atoms with Crippen LogP contribution in [-0.2, 0) is 14.3 Å². The van der Waals surface area contributed by atoms with Gasteiger partial charge in [-0.05, 0) is 25.3 Å². The van der Waals surface area contributed by atoms with Gasteiger partial charge in [0.2, 0.25) is 0 Å². The highest BCUT2D eigenvalue weighted by atomic mass is 16.7. The maximum atomic E-state index is 11.6. The Kier molecular flexibility index (Phi) is 4.96. The number of rotatable bonds is 6. The topological polar surface area (TPSA) is 44.8 Å². The maximum absolute atomic E-state index is 11.6. The first-order valence-corrected chi connectivity index (χ1v) is 6.62. The van der Waals surface area contributed by atoms with E-state index in [9.17, 15) is 4.79 Å². The molecule has 20 heavy (non-hydrogen) atoms. The molecule has 0 aromatic heterocycles. The van der Waals surface area contributed by atoms with Gasteiger partial charge < -0.3 is 14.2 Å². The summed E-state index contributed by atoms with van der Waals surface area (Å²) in [6.45, 7) is 3.89. The summed E-state index contributed by atoms with van der Waals surface area (Å²) in [7, 11) is 0. The molecule has 1 atom stereocenters. The van der Waals surface area contributed by atoms with Crippen molar-refractivity contribution in [1.29, 1.82) is 0 Å². The van der Waals surface area contributed by atoms with Gasteiger partial charge in [-0.3, -0.25) is 0 Å². The molecular formula is C16H18O4. The van der Waals surface area contributed by atoms with Crippen LogP contribution in [-0.4, -0.2) is 25.5 Å². The molecule has 0 N–H and O–H groups in total. The summed E-state index contributed by atoms with van der Waals surface area (Å²) in [5.74, 6) is 0.225. The molecule has 0 saturated carbocycles. The predicted octanol–water partition coefficient (Wildman–Crippen LogP) is 3.14. The Bertz CT molecular complexity index is 574. The van der Waals surface area contributed by atoms with Gasteiger partial charge in [0, 0.05) is 12.0 Å². The molecule has 0 bridgehead atoms. The molecule has 0 heterocycles. The van der Waals surface area contributed by atoms with Crippen LogP contribution >= 0.6 is 0 Å². The molecule has 4 heteroatoms. The van der Waals surface area contributed by atoms with Crippen molar-refractivity contribution >= 4 is 16.7 Å². The molecule has 0 saturated heterocycles. The van der Waals surface area contributed by atoms with Crippen LogP contribution in [0.1, 0.15) is 13.8 Å². The molecule has 0 fully saturated rings. The Morgan fingerprint density at radius 1 is 1.15 bits per heavy atom. The zero-order valence-corrected chi connectivity index (χ0v) is 11.7.